The fraction of sp³-hybridized carbons (Fsp3) is 0.318. The van der Waals surface area contributed by atoms with Crippen LogP contribution in [0.2, 0.25) is 0 Å². The number of piperazine rings is 1. The van der Waals surface area contributed by atoms with Gasteiger partial charge in [-0.25, -0.2) is 0 Å². The molecular formula is C22H25N5O2. The maximum absolute atomic E-state index is 12.9. The summed E-state index contributed by atoms with van der Waals surface area (Å²) in [6, 6.07) is 11.1. The predicted molar refractivity (Wildman–Crippen MR) is 112 cm³/mol. The summed E-state index contributed by atoms with van der Waals surface area (Å²) in [5.74, 6) is -0.263. The standard InChI is InChI=1S/C22H25N5O2/c1-23-21(28)20-15-26(11-8-17-14-25-19-5-3-2-4-18(17)19)12-13-27(20)22(29)16-6-9-24-10-7-16/h2-7,9-10,14,20,25H,8,11-13,15H2,1H3,(H,23,28). The Morgan fingerprint density at radius 1 is 1.17 bits per heavy atom. The number of likely N-dealkylation sites (N-methyl/N-ethyl adjacent to an activating group) is 1. The van der Waals surface area contributed by atoms with Crippen molar-refractivity contribution in [1.29, 1.82) is 0 Å². The summed E-state index contributed by atoms with van der Waals surface area (Å²) < 4.78 is 0. The summed E-state index contributed by atoms with van der Waals surface area (Å²) in [6.45, 7) is 2.63. The van der Waals surface area contributed by atoms with Gasteiger partial charge < -0.3 is 15.2 Å². The topological polar surface area (TPSA) is 81.3 Å². The van der Waals surface area contributed by atoms with E-state index in [1.54, 1.807) is 36.5 Å². The lowest BCUT2D eigenvalue weighted by Crippen LogP contribution is -2.60. The third kappa shape index (κ3) is 4.00. The van der Waals surface area contributed by atoms with Gasteiger partial charge in [-0.05, 0) is 30.2 Å². The van der Waals surface area contributed by atoms with E-state index in [1.807, 2.05) is 12.1 Å². The van der Waals surface area contributed by atoms with Crippen LogP contribution in [0.4, 0.5) is 0 Å². The number of rotatable bonds is 5. The van der Waals surface area contributed by atoms with Crippen molar-refractivity contribution in [3.05, 3.63) is 66.1 Å². The molecule has 0 saturated carbocycles. The lowest BCUT2D eigenvalue weighted by Gasteiger charge is -2.40. The Kier molecular flexibility index (Phi) is 5.57. The third-order valence-electron chi connectivity index (χ3n) is 5.57. The number of nitrogens with zero attached hydrogens (tertiary/aromatic N) is 3. The second-order valence-corrected chi connectivity index (χ2v) is 7.27. The molecule has 1 aliphatic heterocycles. The van der Waals surface area contributed by atoms with Crippen LogP contribution in [0, 0.1) is 0 Å². The van der Waals surface area contributed by atoms with Gasteiger partial charge in [-0.1, -0.05) is 18.2 Å². The number of H-pyrrole nitrogens is 1. The summed E-state index contributed by atoms with van der Waals surface area (Å²) in [5, 5.41) is 3.95. The molecule has 1 atom stereocenters. The van der Waals surface area contributed by atoms with Gasteiger partial charge in [-0.15, -0.1) is 0 Å². The number of carbonyl (C=O) groups excluding carboxylic acids is 2. The molecule has 7 heteroatoms. The van der Waals surface area contributed by atoms with Gasteiger partial charge in [0.1, 0.15) is 6.04 Å². The van der Waals surface area contributed by atoms with Gasteiger partial charge >= 0.3 is 0 Å². The molecule has 2 N–H and O–H groups in total. The molecule has 3 aromatic rings. The van der Waals surface area contributed by atoms with E-state index in [2.05, 4.69) is 38.5 Å². The molecule has 0 bridgehead atoms. The molecule has 2 amide bonds. The number of nitrogens with one attached hydrogen (secondary N) is 2. The first-order valence-electron chi connectivity index (χ1n) is 9.87. The number of hydrogen-bond acceptors (Lipinski definition) is 4. The van der Waals surface area contributed by atoms with Gasteiger partial charge in [-0.3, -0.25) is 19.5 Å². The normalized spacial score (nSPS) is 17.4. The number of aromatic nitrogens is 2. The summed E-state index contributed by atoms with van der Waals surface area (Å²) in [5.41, 5.74) is 2.96. The first-order chi connectivity index (χ1) is 14.2. The van der Waals surface area contributed by atoms with E-state index < -0.39 is 6.04 Å². The summed E-state index contributed by atoms with van der Waals surface area (Å²) in [7, 11) is 1.61. The molecule has 1 saturated heterocycles. The highest BCUT2D eigenvalue weighted by Crippen LogP contribution is 2.20. The zero-order chi connectivity index (χ0) is 20.2. The van der Waals surface area contributed by atoms with Crippen molar-refractivity contribution < 1.29 is 9.59 Å². The number of para-hydroxylation sites is 1. The highest BCUT2D eigenvalue weighted by molar-refractivity contribution is 5.97. The van der Waals surface area contributed by atoms with Crippen molar-refractivity contribution >= 4 is 22.7 Å². The summed E-state index contributed by atoms with van der Waals surface area (Å²) in [4.78, 5) is 36.7. The van der Waals surface area contributed by atoms with Crippen LogP contribution in [-0.4, -0.2) is 70.9 Å². The van der Waals surface area contributed by atoms with E-state index >= 15 is 0 Å². The number of hydrogen-bond donors (Lipinski definition) is 2. The molecule has 150 valence electrons. The van der Waals surface area contributed by atoms with Crippen molar-refractivity contribution in [2.75, 3.05) is 33.2 Å². The molecule has 1 aromatic carbocycles. The molecule has 1 unspecified atom stereocenters. The highest BCUT2D eigenvalue weighted by atomic mass is 16.2. The summed E-state index contributed by atoms with van der Waals surface area (Å²) in [6.07, 6.45) is 6.14. The second-order valence-electron chi connectivity index (χ2n) is 7.27. The van der Waals surface area contributed by atoms with E-state index in [1.165, 1.54) is 10.9 Å². The van der Waals surface area contributed by atoms with Gasteiger partial charge in [0, 0.05) is 68.3 Å². The van der Waals surface area contributed by atoms with Crippen LogP contribution < -0.4 is 5.32 Å². The van der Waals surface area contributed by atoms with Gasteiger partial charge in [-0.2, -0.15) is 0 Å². The number of pyridine rings is 1. The molecule has 3 heterocycles. The largest absolute Gasteiger partial charge is 0.361 e. The number of benzene rings is 1. The average molecular weight is 391 g/mol. The number of fused-ring (bicyclic) bond motifs is 1. The Balaban J connectivity index is 1.45. The zero-order valence-electron chi connectivity index (χ0n) is 16.5. The summed E-state index contributed by atoms with van der Waals surface area (Å²) >= 11 is 0. The number of aromatic amines is 1. The van der Waals surface area contributed by atoms with Crippen molar-refractivity contribution in [3.63, 3.8) is 0 Å². The van der Waals surface area contributed by atoms with Crippen LogP contribution in [0.25, 0.3) is 10.9 Å². The Morgan fingerprint density at radius 2 is 1.97 bits per heavy atom. The minimum absolute atomic E-state index is 0.128. The van der Waals surface area contributed by atoms with E-state index in [0.717, 1.165) is 25.0 Å². The smallest absolute Gasteiger partial charge is 0.254 e. The maximum Gasteiger partial charge on any atom is 0.254 e. The van der Waals surface area contributed by atoms with Gasteiger partial charge in [0.15, 0.2) is 0 Å². The van der Waals surface area contributed by atoms with Crippen LogP contribution in [0.5, 0.6) is 0 Å². The minimum atomic E-state index is -0.502. The van der Waals surface area contributed by atoms with Gasteiger partial charge in [0.2, 0.25) is 5.91 Å². The fourth-order valence-corrected chi connectivity index (χ4v) is 3.95. The second kappa shape index (κ2) is 8.45. The fourth-order valence-electron chi connectivity index (χ4n) is 3.95. The quantitative estimate of drug-likeness (QED) is 0.693. The molecular weight excluding hydrogens is 366 g/mol. The lowest BCUT2D eigenvalue weighted by molar-refractivity contribution is -0.127. The molecule has 29 heavy (non-hydrogen) atoms. The first-order valence-corrected chi connectivity index (χ1v) is 9.87. The predicted octanol–water partition coefficient (Wildman–Crippen LogP) is 1.68. The van der Waals surface area contributed by atoms with Crippen molar-refractivity contribution in [3.8, 4) is 0 Å². The minimum Gasteiger partial charge on any atom is -0.361 e. The zero-order valence-corrected chi connectivity index (χ0v) is 16.5. The van der Waals surface area contributed by atoms with Gasteiger partial charge in [0.25, 0.3) is 5.91 Å². The van der Waals surface area contributed by atoms with Crippen LogP contribution in [0.1, 0.15) is 15.9 Å². The Morgan fingerprint density at radius 3 is 2.76 bits per heavy atom. The Bertz CT molecular complexity index is 1000. The average Bonchev–Trinajstić information content (AvgIpc) is 3.20. The van der Waals surface area contributed by atoms with Crippen molar-refractivity contribution in [2.45, 2.75) is 12.5 Å². The Hall–Kier alpha value is -3.19. The monoisotopic (exact) mass is 391 g/mol. The molecule has 2 aromatic heterocycles. The third-order valence-corrected chi connectivity index (χ3v) is 5.57. The van der Waals surface area contributed by atoms with Crippen molar-refractivity contribution in [2.24, 2.45) is 0 Å². The van der Waals surface area contributed by atoms with Gasteiger partial charge in [0.05, 0.1) is 0 Å². The van der Waals surface area contributed by atoms with E-state index in [0.29, 0.717) is 18.7 Å². The molecule has 4 rings (SSSR count). The van der Waals surface area contributed by atoms with E-state index in [4.69, 9.17) is 0 Å². The molecule has 0 radical (unpaired) electrons. The SMILES string of the molecule is CNC(=O)C1CN(CCc2c[nH]c3ccccc23)CCN1C(=O)c1ccncc1. The Labute approximate surface area is 169 Å². The molecule has 0 aliphatic carbocycles. The molecule has 7 nitrogen and oxygen atoms in total. The maximum atomic E-state index is 12.9. The van der Waals surface area contributed by atoms with Crippen LogP contribution >= 0.6 is 0 Å². The lowest BCUT2D eigenvalue weighted by atomic mass is 10.1. The number of carbonyl (C=O) groups is 2. The van der Waals surface area contributed by atoms with Crippen LogP contribution in [0.15, 0.2) is 55.0 Å². The van der Waals surface area contributed by atoms with E-state index in [9.17, 15) is 9.59 Å². The number of amides is 2. The molecule has 0 spiro atoms. The molecule has 1 fully saturated rings. The molecule has 1 aliphatic rings. The van der Waals surface area contributed by atoms with Crippen molar-refractivity contribution in [1.82, 2.24) is 25.1 Å². The highest BCUT2D eigenvalue weighted by Gasteiger charge is 2.35. The van der Waals surface area contributed by atoms with E-state index in [-0.39, 0.29) is 11.8 Å². The first kappa shape index (κ1) is 19.1. The van der Waals surface area contributed by atoms with Crippen LogP contribution in [0.3, 0.4) is 0 Å². The van der Waals surface area contributed by atoms with Crippen LogP contribution in [-0.2, 0) is 11.2 Å².